The van der Waals surface area contributed by atoms with E-state index in [0.29, 0.717) is 11.1 Å². The molecule has 0 N–H and O–H groups in total. The van der Waals surface area contributed by atoms with Crippen LogP contribution in [0.25, 0.3) is 0 Å². The number of Topliss-reactive ketones (excluding diaryl/α,β-unsaturated/α-hetero) is 1. The van der Waals surface area contributed by atoms with E-state index in [1.807, 2.05) is 0 Å². The molecule has 20 heavy (non-hydrogen) atoms. The van der Waals surface area contributed by atoms with E-state index in [9.17, 15) is 13.2 Å². The van der Waals surface area contributed by atoms with Gasteiger partial charge in [-0.25, -0.2) is 8.42 Å². The SMILES string of the molecule is [2H]C([2H])([2H])c1ccc(C(=O)Cc2ccc(S(C)(=O)=O)cc2)cn1. The number of ketones is 1. The van der Waals surface area contributed by atoms with Crippen LogP contribution in [0.5, 0.6) is 0 Å². The number of aromatic nitrogens is 1. The average Bonchev–Trinajstić information content (AvgIpc) is 2.46. The first-order valence-corrected chi connectivity index (χ1v) is 7.75. The lowest BCUT2D eigenvalue weighted by Gasteiger charge is -2.03. The molecular formula is C15H15NO3S. The number of benzene rings is 1. The smallest absolute Gasteiger partial charge is 0.175 e. The molecule has 0 saturated carbocycles. The summed E-state index contributed by atoms with van der Waals surface area (Å²) in [6.07, 6.45) is 2.44. The number of rotatable bonds is 4. The minimum Gasteiger partial charge on any atom is -0.294 e. The monoisotopic (exact) mass is 292 g/mol. The van der Waals surface area contributed by atoms with Crippen molar-refractivity contribution in [3.8, 4) is 0 Å². The second-order valence-electron chi connectivity index (χ2n) is 4.45. The lowest BCUT2D eigenvalue weighted by atomic mass is 10.0. The van der Waals surface area contributed by atoms with Crippen molar-refractivity contribution in [3.63, 3.8) is 0 Å². The molecule has 0 radical (unpaired) electrons. The van der Waals surface area contributed by atoms with Gasteiger partial charge in [0.25, 0.3) is 0 Å². The summed E-state index contributed by atoms with van der Waals surface area (Å²) in [6.45, 7) is -2.30. The third kappa shape index (κ3) is 3.51. The Labute approximate surface area is 122 Å². The maximum absolute atomic E-state index is 12.2. The van der Waals surface area contributed by atoms with Crippen LogP contribution in [0.4, 0.5) is 0 Å². The summed E-state index contributed by atoms with van der Waals surface area (Å²) < 4.78 is 44.5. The van der Waals surface area contributed by atoms with Crippen LogP contribution >= 0.6 is 0 Å². The molecule has 0 aliphatic rings. The van der Waals surface area contributed by atoms with Gasteiger partial charge in [-0.3, -0.25) is 9.78 Å². The zero-order chi connectivity index (χ0) is 17.3. The lowest BCUT2D eigenvalue weighted by molar-refractivity contribution is 0.0992. The minimum absolute atomic E-state index is 0.0634. The maximum atomic E-state index is 12.2. The van der Waals surface area contributed by atoms with Crippen molar-refractivity contribution in [3.05, 3.63) is 59.4 Å². The predicted octanol–water partition coefficient (Wildman–Crippen LogP) is 2.22. The summed E-state index contributed by atoms with van der Waals surface area (Å²) in [5.41, 5.74) is 0.916. The number of hydrogen-bond donors (Lipinski definition) is 0. The van der Waals surface area contributed by atoms with Crippen molar-refractivity contribution in [2.45, 2.75) is 18.2 Å². The van der Waals surface area contributed by atoms with Crippen molar-refractivity contribution in [2.75, 3.05) is 6.26 Å². The number of hydrogen-bond acceptors (Lipinski definition) is 4. The van der Waals surface area contributed by atoms with Crippen LogP contribution < -0.4 is 0 Å². The minimum atomic E-state index is -3.27. The van der Waals surface area contributed by atoms with E-state index in [-0.39, 0.29) is 22.8 Å². The van der Waals surface area contributed by atoms with E-state index in [1.165, 1.54) is 30.5 Å². The third-order valence-corrected chi connectivity index (χ3v) is 3.93. The Morgan fingerprint density at radius 3 is 2.40 bits per heavy atom. The molecule has 0 unspecified atom stereocenters. The van der Waals surface area contributed by atoms with Gasteiger partial charge in [-0.1, -0.05) is 12.1 Å². The maximum Gasteiger partial charge on any atom is 0.175 e. The quantitative estimate of drug-likeness (QED) is 0.811. The van der Waals surface area contributed by atoms with Crippen molar-refractivity contribution in [1.29, 1.82) is 0 Å². The van der Waals surface area contributed by atoms with Crippen molar-refractivity contribution < 1.29 is 17.3 Å². The Balaban J connectivity index is 2.13. The van der Waals surface area contributed by atoms with E-state index in [0.717, 1.165) is 6.26 Å². The predicted molar refractivity (Wildman–Crippen MR) is 76.6 cm³/mol. The van der Waals surface area contributed by atoms with Gasteiger partial charge in [0.2, 0.25) is 0 Å². The second kappa shape index (κ2) is 5.54. The summed E-state index contributed by atoms with van der Waals surface area (Å²) in [7, 11) is -3.27. The van der Waals surface area contributed by atoms with E-state index >= 15 is 0 Å². The van der Waals surface area contributed by atoms with Gasteiger partial charge in [0.15, 0.2) is 15.6 Å². The molecule has 5 heteroatoms. The van der Waals surface area contributed by atoms with Crippen molar-refractivity contribution in [1.82, 2.24) is 4.98 Å². The second-order valence-corrected chi connectivity index (χ2v) is 6.46. The van der Waals surface area contributed by atoms with Gasteiger partial charge in [-0.15, -0.1) is 0 Å². The van der Waals surface area contributed by atoms with Gasteiger partial charge in [-0.2, -0.15) is 0 Å². The van der Waals surface area contributed by atoms with Crippen LogP contribution in [-0.2, 0) is 16.3 Å². The Hall–Kier alpha value is -2.01. The highest BCUT2D eigenvalue weighted by atomic mass is 32.2. The Bertz CT molecular complexity index is 811. The number of carbonyl (C=O) groups is 1. The normalized spacial score (nSPS) is 14.2. The van der Waals surface area contributed by atoms with Gasteiger partial charge in [0, 0.05) is 34.2 Å². The molecular weight excluding hydrogens is 274 g/mol. The summed E-state index contributed by atoms with van der Waals surface area (Å²) in [4.78, 5) is 16.1. The summed E-state index contributed by atoms with van der Waals surface area (Å²) >= 11 is 0. The van der Waals surface area contributed by atoms with Gasteiger partial charge in [0.1, 0.15) is 0 Å². The number of pyridine rings is 1. The molecule has 0 aliphatic heterocycles. The molecule has 0 bridgehead atoms. The lowest BCUT2D eigenvalue weighted by Crippen LogP contribution is -2.05. The first-order chi connectivity index (χ1) is 10.6. The van der Waals surface area contributed by atoms with Gasteiger partial charge in [0.05, 0.1) is 4.90 Å². The van der Waals surface area contributed by atoms with Gasteiger partial charge in [-0.05, 0) is 36.7 Å². The van der Waals surface area contributed by atoms with Crippen LogP contribution in [-0.4, -0.2) is 25.4 Å². The fourth-order valence-corrected chi connectivity index (χ4v) is 2.33. The summed E-state index contributed by atoms with van der Waals surface area (Å²) in [5, 5.41) is 0. The number of nitrogens with zero attached hydrogens (tertiary/aromatic N) is 1. The van der Waals surface area contributed by atoms with Crippen molar-refractivity contribution >= 4 is 15.6 Å². The largest absolute Gasteiger partial charge is 0.294 e. The molecule has 1 heterocycles. The first kappa shape index (κ1) is 10.7. The van der Waals surface area contributed by atoms with Crippen molar-refractivity contribution in [2.24, 2.45) is 0 Å². The Morgan fingerprint density at radius 2 is 1.90 bits per heavy atom. The first-order valence-electron chi connectivity index (χ1n) is 7.36. The molecule has 2 rings (SSSR count). The van der Waals surface area contributed by atoms with Crippen LogP contribution in [0.3, 0.4) is 0 Å². The van der Waals surface area contributed by atoms with Crippen LogP contribution in [0.1, 0.15) is 25.7 Å². The highest BCUT2D eigenvalue weighted by Gasteiger charge is 2.10. The molecule has 0 aliphatic carbocycles. The van der Waals surface area contributed by atoms with Crippen LogP contribution in [0.15, 0.2) is 47.5 Å². The standard InChI is InChI=1S/C15H15NO3S/c1-11-3-6-13(10-16-11)15(17)9-12-4-7-14(8-5-12)20(2,18)19/h3-8,10H,9H2,1-2H3/i1D3. The number of carbonyl (C=O) groups excluding carboxylic acids is 1. The molecule has 4 nitrogen and oxygen atoms in total. The highest BCUT2D eigenvalue weighted by Crippen LogP contribution is 2.12. The van der Waals surface area contributed by atoms with E-state index in [2.05, 4.69) is 4.98 Å². The number of sulfone groups is 1. The Kier molecular flexibility index (Phi) is 2.98. The zero-order valence-corrected chi connectivity index (χ0v) is 11.6. The van der Waals surface area contributed by atoms with Gasteiger partial charge >= 0.3 is 0 Å². The molecule has 104 valence electrons. The molecule has 0 spiro atoms. The number of aryl methyl sites for hydroxylation is 1. The average molecular weight is 292 g/mol. The molecule has 0 atom stereocenters. The van der Waals surface area contributed by atoms with E-state index in [1.54, 1.807) is 12.1 Å². The molecule has 1 aromatic heterocycles. The zero-order valence-electron chi connectivity index (χ0n) is 13.8. The molecule has 0 amide bonds. The fraction of sp³-hybridized carbons (Fsp3) is 0.200. The topological polar surface area (TPSA) is 64.1 Å². The summed E-state index contributed by atoms with van der Waals surface area (Å²) in [5.74, 6) is -0.221. The third-order valence-electron chi connectivity index (χ3n) is 2.80. The van der Waals surface area contributed by atoms with E-state index in [4.69, 9.17) is 4.11 Å². The van der Waals surface area contributed by atoms with Crippen LogP contribution in [0, 0.1) is 6.85 Å². The molecule has 1 aromatic carbocycles. The summed E-state index contributed by atoms with van der Waals surface area (Å²) in [6, 6.07) is 8.81. The molecule has 2 aromatic rings. The highest BCUT2D eigenvalue weighted by molar-refractivity contribution is 7.90. The van der Waals surface area contributed by atoms with Crippen LogP contribution in [0.2, 0.25) is 0 Å². The Morgan fingerprint density at radius 1 is 1.20 bits per heavy atom. The molecule has 0 saturated heterocycles. The fourth-order valence-electron chi connectivity index (χ4n) is 1.70. The van der Waals surface area contributed by atoms with Gasteiger partial charge < -0.3 is 0 Å². The van der Waals surface area contributed by atoms with E-state index < -0.39 is 16.7 Å². The molecule has 0 fully saturated rings.